The second-order valence-corrected chi connectivity index (χ2v) is 4.47. The van der Waals surface area contributed by atoms with Crippen LogP contribution in [0.4, 0.5) is 13.2 Å². The zero-order valence-corrected chi connectivity index (χ0v) is 11.0. The molecule has 2 aromatic rings. The van der Waals surface area contributed by atoms with Crippen LogP contribution in [0.5, 0.6) is 0 Å². The first kappa shape index (κ1) is 13.9. The first-order chi connectivity index (χ1) is 8.99. The molecule has 0 bridgehead atoms. The summed E-state index contributed by atoms with van der Waals surface area (Å²) in [5, 5.41) is 3.32. The second-order valence-electron chi connectivity index (χ2n) is 4.47. The van der Waals surface area contributed by atoms with Gasteiger partial charge < -0.3 is 9.88 Å². The van der Waals surface area contributed by atoms with Crippen LogP contribution in [0.1, 0.15) is 18.2 Å². The maximum Gasteiger partial charge on any atom is 0.417 e. The third-order valence-corrected chi connectivity index (χ3v) is 3.28. The lowest BCUT2D eigenvalue weighted by Gasteiger charge is -2.09. The molecule has 0 atom stereocenters. The van der Waals surface area contributed by atoms with Gasteiger partial charge in [0.2, 0.25) is 0 Å². The minimum absolute atomic E-state index is 0.294. The van der Waals surface area contributed by atoms with E-state index in [0.29, 0.717) is 17.4 Å². The highest BCUT2D eigenvalue weighted by molar-refractivity contribution is 5.85. The molecule has 2 rings (SSSR count). The van der Waals surface area contributed by atoms with Crippen molar-refractivity contribution in [1.82, 2.24) is 9.88 Å². The summed E-state index contributed by atoms with van der Waals surface area (Å²) in [5.41, 5.74) is 1.04. The Morgan fingerprint density at radius 1 is 1.26 bits per heavy atom. The SMILES string of the molecule is CCn1c(CCNC)cc2c(C(F)(F)F)cccc21. The first-order valence-electron chi connectivity index (χ1n) is 6.32. The Kier molecular flexibility index (Phi) is 3.85. The van der Waals surface area contributed by atoms with Crippen molar-refractivity contribution in [2.24, 2.45) is 0 Å². The third kappa shape index (κ3) is 2.61. The second kappa shape index (κ2) is 5.25. The van der Waals surface area contributed by atoms with Gasteiger partial charge in [-0.3, -0.25) is 0 Å². The molecule has 0 unspecified atom stereocenters. The summed E-state index contributed by atoms with van der Waals surface area (Å²) < 4.78 is 40.9. The van der Waals surface area contributed by atoms with Crippen LogP contribution in [0.15, 0.2) is 24.3 Å². The molecule has 0 saturated carbocycles. The highest BCUT2D eigenvalue weighted by atomic mass is 19.4. The normalized spacial score (nSPS) is 12.3. The lowest BCUT2D eigenvalue weighted by atomic mass is 10.1. The minimum atomic E-state index is -4.31. The van der Waals surface area contributed by atoms with E-state index in [9.17, 15) is 13.2 Å². The van der Waals surface area contributed by atoms with Crippen LogP contribution < -0.4 is 5.32 Å². The summed E-state index contributed by atoms with van der Waals surface area (Å²) in [7, 11) is 1.83. The number of hydrogen-bond donors (Lipinski definition) is 1. The van der Waals surface area contributed by atoms with Crippen LogP contribution in [0.25, 0.3) is 10.9 Å². The molecule has 0 aliphatic heterocycles. The Morgan fingerprint density at radius 2 is 2.00 bits per heavy atom. The zero-order chi connectivity index (χ0) is 14.0. The number of rotatable bonds is 4. The van der Waals surface area contributed by atoms with E-state index < -0.39 is 11.7 Å². The van der Waals surface area contributed by atoms with Crippen LogP contribution in [-0.4, -0.2) is 18.2 Å². The number of fused-ring (bicyclic) bond motifs is 1. The van der Waals surface area contributed by atoms with Gasteiger partial charge in [-0.25, -0.2) is 0 Å². The van der Waals surface area contributed by atoms with Crippen LogP contribution in [0.2, 0.25) is 0 Å². The van der Waals surface area contributed by atoms with Gasteiger partial charge in [-0.15, -0.1) is 0 Å². The summed E-state index contributed by atoms with van der Waals surface area (Å²) in [6.07, 6.45) is -3.59. The van der Waals surface area contributed by atoms with E-state index in [0.717, 1.165) is 24.7 Å². The van der Waals surface area contributed by atoms with Gasteiger partial charge in [0.25, 0.3) is 0 Å². The van der Waals surface area contributed by atoms with E-state index >= 15 is 0 Å². The number of nitrogens with zero attached hydrogens (tertiary/aromatic N) is 1. The number of nitrogens with one attached hydrogen (secondary N) is 1. The van der Waals surface area contributed by atoms with Crippen LogP contribution in [0.3, 0.4) is 0 Å². The zero-order valence-electron chi connectivity index (χ0n) is 11.0. The smallest absolute Gasteiger partial charge is 0.345 e. The number of benzene rings is 1. The number of likely N-dealkylation sites (N-methyl/N-ethyl adjacent to an activating group) is 1. The van der Waals surface area contributed by atoms with Crippen LogP contribution >= 0.6 is 0 Å². The van der Waals surface area contributed by atoms with E-state index in [1.54, 1.807) is 12.1 Å². The standard InChI is InChI=1S/C14H17F3N2/c1-3-19-10(7-8-18-2)9-11-12(14(15,16)17)5-4-6-13(11)19/h4-6,9,18H,3,7-8H2,1-2H3. The lowest BCUT2D eigenvalue weighted by molar-refractivity contribution is -0.136. The molecule has 104 valence electrons. The van der Waals surface area contributed by atoms with Gasteiger partial charge in [-0.2, -0.15) is 13.2 Å². The Labute approximate surface area is 110 Å². The monoisotopic (exact) mass is 270 g/mol. The summed E-state index contributed by atoms with van der Waals surface area (Å²) >= 11 is 0. The van der Waals surface area contributed by atoms with Crippen molar-refractivity contribution < 1.29 is 13.2 Å². The van der Waals surface area contributed by atoms with Gasteiger partial charge in [-0.05, 0) is 32.2 Å². The fourth-order valence-electron chi connectivity index (χ4n) is 2.42. The van der Waals surface area contributed by atoms with Gasteiger partial charge in [-0.1, -0.05) is 6.07 Å². The first-order valence-corrected chi connectivity index (χ1v) is 6.32. The average Bonchev–Trinajstić information content (AvgIpc) is 2.71. The molecule has 5 heteroatoms. The van der Waals surface area contributed by atoms with Gasteiger partial charge in [0.1, 0.15) is 0 Å². The average molecular weight is 270 g/mol. The predicted octanol–water partition coefficient (Wildman–Crippen LogP) is 3.44. The molecule has 1 N–H and O–H groups in total. The molecule has 0 saturated heterocycles. The molecule has 0 amide bonds. The van der Waals surface area contributed by atoms with Gasteiger partial charge in [0.15, 0.2) is 0 Å². The van der Waals surface area contributed by atoms with Crippen molar-refractivity contribution in [2.75, 3.05) is 13.6 Å². The predicted molar refractivity (Wildman–Crippen MR) is 70.2 cm³/mol. The van der Waals surface area contributed by atoms with Gasteiger partial charge in [0.05, 0.1) is 5.56 Å². The summed E-state index contributed by atoms with van der Waals surface area (Å²) in [6, 6.07) is 6.03. The molecule has 0 fully saturated rings. The van der Waals surface area contributed by atoms with Crippen LogP contribution in [0, 0.1) is 0 Å². The molecule has 1 aromatic heterocycles. The number of halogens is 3. The van der Waals surface area contributed by atoms with E-state index in [1.807, 2.05) is 18.5 Å². The Balaban J connectivity index is 2.61. The third-order valence-electron chi connectivity index (χ3n) is 3.28. The topological polar surface area (TPSA) is 17.0 Å². The highest BCUT2D eigenvalue weighted by Crippen LogP contribution is 2.36. The quantitative estimate of drug-likeness (QED) is 0.900. The minimum Gasteiger partial charge on any atom is -0.345 e. The maximum absolute atomic E-state index is 13.0. The lowest BCUT2D eigenvalue weighted by Crippen LogP contribution is -2.12. The maximum atomic E-state index is 13.0. The number of alkyl halides is 3. The molecule has 0 aliphatic rings. The Hall–Kier alpha value is -1.49. The fraction of sp³-hybridized carbons (Fsp3) is 0.429. The van der Waals surface area contributed by atoms with E-state index in [2.05, 4.69) is 5.32 Å². The van der Waals surface area contributed by atoms with Gasteiger partial charge in [0, 0.05) is 36.1 Å². The van der Waals surface area contributed by atoms with Crippen molar-refractivity contribution >= 4 is 10.9 Å². The van der Waals surface area contributed by atoms with Gasteiger partial charge >= 0.3 is 6.18 Å². The van der Waals surface area contributed by atoms with Crippen molar-refractivity contribution in [2.45, 2.75) is 26.1 Å². The Morgan fingerprint density at radius 3 is 2.58 bits per heavy atom. The van der Waals surface area contributed by atoms with E-state index in [-0.39, 0.29) is 0 Å². The van der Waals surface area contributed by atoms with E-state index in [4.69, 9.17) is 0 Å². The van der Waals surface area contributed by atoms with Crippen molar-refractivity contribution in [3.63, 3.8) is 0 Å². The largest absolute Gasteiger partial charge is 0.417 e. The molecular weight excluding hydrogens is 253 g/mol. The summed E-state index contributed by atoms with van der Waals surface area (Å²) in [6.45, 7) is 3.37. The summed E-state index contributed by atoms with van der Waals surface area (Å²) in [4.78, 5) is 0. The molecule has 0 radical (unpaired) electrons. The fourth-order valence-corrected chi connectivity index (χ4v) is 2.42. The Bertz CT molecular complexity index is 570. The molecule has 0 spiro atoms. The van der Waals surface area contributed by atoms with Crippen molar-refractivity contribution in [3.05, 3.63) is 35.5 Å². The molecular formula is C14H17F3N2. The molecule has 19 heavy (non-hydrogen) atoms. The highest BCUT2D eigenvalue weighted by Gasteiger charge is 2.33. The molecule has 1 aromatic carbocycles. The summed E-state index contributed by atoms with van der Waals surface area (Å²) in [5.74, 6) is 0. The molecule has 2 nitrogen and oxygen atoms in total. The van der Waals surface area contributed by atoms with E-state index in [1.165, 1.54) is 6.07 Å². The number of hydrogen-bond acceptors (Lipinski definition) is 1. The van der Waals surface area contributed by atoms with Crippen molar-refractivity contribution in [3.8, 4) is 0 Å². The molecule has 1 heterocycles. The number of aromatic nitrogens is 1. The van der Waals surface area contributed by atoms with Crippen molar-refractivity contribution in [1.29, 1.82) is 0 Å². The number of aryl methyl sites for hydroxylation is 1. The van der Waals surface area contributed by atoms with Crippen LogP contribution in [-0.2, 0) is 19.1 Å². The molecule has 0 aliphatic carbocycles.